The summed E-state index contributed by atoms with van der Waals surface area (Å²) >= 11 is 0. The third-order valence-corrected chi connectivity index (χ3v) is 9.02. The molecule has 1 heterocycles. The number of benzene rings is 1. The van der Waals surface area contributed by atoms with Crippen molar-refractivity contribution in [1.82, 2.24) is 15.1 Å². The summed E-state index contributed by atoms with van der Waals surface area (Å²) in [6, 6.07) is 9.77. The molecule has 0 spiro atoms. The Morgan fingerprint density at radius 1 is 1.14 bits per heavy atom. The van der Waals surface area contributed by atoms with Crippen LogP contribution in [0.2, 0.25) is 0 Å². The first-order valence-corrected chi connectivity index (χ1v) is 15.5. The van der Waals surface area contributed by atoms with Crippen LogP contribution in [0.4, 0.5) is 0 Å². The van der Waals surface area contributed by atoms with Gasteiger partial charge in [-0.1, -0.05) is 71.4 Å². The number of nitrogens with zero attached hydrogens (tertiary/aromatic N) is 3. The first-order valence-electron chi connectivity index (χ1n) is 15.5. The molecule has 1 aromatic carbocycles. The van der Waals surface area contributed by atoms with Crippen LogP contribution in [0.1, 0.15) is 65.9 Å². The molecule has 1 aromatic rings. The van der Waals surface area contributed by atoms with E-state index in [0.717, 1.165) is 18.4 Å². The van der Waals surface area contributed by atoms with Crippen LogP contribution in [-0.4, -0.2) is 91.7 Å². The number of hydrogen-bond acceptors (Lipinski definition) is 7. The predicted octanol–water partition coefficient (Wildman–Crippen LogP) is 3.14. The van der Waals surface area contributed by atoms with E-state index in [4.69, 9.17) is 15.2 Å². The molecule has 43 heavy (non-hydrogen) atoms. The lowest BCUT2D eigenvalue weighted by molar-refractivity contribution is -0.146. The highest BCUT2D eigenvalue weighted by molar-refractivity contribution is 5.83. The van der Waals surface area contributed by atoms with Crippen LogP contribution in [0.5, 0.6) is 0 Å². The molecule has 2 rings (SSSR count). The number of carbonyl (C=O) groups is 3. The number of nitrogens with one attached hydrogen (secondary N) is 1. The molecule has 0 aliphatic carbocycles. The van der Waals surface area contributed by atoms with E-state index in [2.05, 4.69) is 25.2 Å². The molecule has 1 fully saturated rings. The number of ether oxygens (including phenoxy) is 2. The maximum Gasteiger partial charge on any atom is 0.239 e. The van der Waals surface area contributed by atoms with E-state index in [1.165, 1.54) is 0 Å². The predicted molar refractivity (Wildman–Crippen MR) is 167 cm³/mol. The van der Waals surface area contributed by atoms with Gasteiger partial charge in [-0.05, 0) is 30.2 Å². The van der Waals surface area contributed by atoms with Crippen molar-refractivity contribution in [2.45, 2.75) is 103 Å². The molecule has 1 saturated heterocycles. The molecular weight excluding hydrogens is 546 g/mol. The Balaban J connectivity index is 2.18. The van der Waals surface area contributed by atoms with E-state index < -0.39 is 30.2 Å². The van der Waals surface area contributed by atoms with E-state index >= 15 is 0 Å². The van der Waals surface area contributed by atoms with Crippen LogP contribution in [0, 0.1) is 29.1 Å². The van der Waals surface area contributed by atoms with Gasteiger partial charge in [0.05, 0.1) is 48.7 Å². The summed E-state index contributed by atoms with van der Waals surface area (Å²) in [6.45, 7) is 10.3. The van der Waals surface area contributed by atoms with Crippen LogP contribution in [0.3, 0.4) is 0 Å². The van der Waals surface area contributed by atoms with E-state index in [1.54, 1.807) is 38.0 Å². The van der Waals surface area contributed by atoms with Gasteiger partial charge in [-0.15, -0.1) is 0 Å². The molecule has 8 atom stereocenters. The minimum Gasteiger partial charge on any atom is -0.379 e. The van der Waals surface area contributed by atoms with Gasteiger partial charge in [-0.3, -0.25) is 14.4 Å². The molecule has 1 aliphatic heterocycles. The first kappa shape index (κ1) is 36.2. The fraction of sp³-hybridized carbons (Fsp3) is 0.697. The Bertz CT molecular complexity index is 1080. The Hall–Kier alpha value is -3.00. The van der Waals surface area contributed by atoms with E-state index in [9.17, 15) is 19.6 Å². The van der Waals surface area contributed by atoms with Gasteiger partial charge in [0.1, 0.15) is 6.04 Å². The second-order valence-electron chi connectivity index (χ2n) is 12.2. The monoisotopic (exact) mass is 599 g/mol. The van der Waals surface area contributed by atoms with E-state index in [-0.39, 0.29) is 48.1 Å². The van der Waals surface area contributed by atoms with Gasteiger partial charge in [0, 0.05) is 34.2 Å². The number of likely N-dealkylation sites (tertiary alicyclic amines) is 1. The maximum atomic E-state index is 13.8. The van der Waals surface area contributed by atoms with Gasteiger partial charge in [-0.25, -0.2) is 0 Å². The Morgan fingerprint density at radius 3 is 2.33 bits per heavy atom. The van der Waals surface area contributed by atoms with Crippen molar-refractivity contribution in [2.24, 2.45) is 23.5 Å². The highest BCUT2D eigenvalue weighted by Crippen LogP contribution is 2.29. The third kappa shape index (κ3) is 9.49. The normalized spacial score (nSPS) is 19.9. The highest BCUT2D eigenvalue weighted by atomic mass is 16.5. The summed E-state index contributed by atoms with van der Waals surface area (Å²) in [5.41, 5.74) is 7.17. The van der Waals surface area contributed by atoms with Crippen molar-refractivity contribution in [1.29, 1.82) is 5.26 Å². The summed E-state index contributed by atoms with van der Waals surface area (Å²) in [7, 11) is 4.86. The fourth-order valence-corrected chi connectivity index (χ4v) is 6.11. The Kier molecular flexibility index (Phi) is 14.6. The molecule has 10 heteroatoms. The molecule has 0 saturated carbocycles. The summed E-state index contributed by atoms with van der Waals surface area (Å²) in [5.74, 6) is -1.11. The zero-order valence-electron chi connectivity index (χ0n) is 27.3. The van der Waals surface area contributed by atoms with Crippen molar-refractivity contribution in [3.05, 3.63) is 35.9 Å². The minimum atomic E-state index is -0.681. The molecule has 0 radical (unpaired) electrons. The summed E-state index contributed by atoms with van der Waals surface area (Å²) in [4.78, 5) is 43.8. The number of amides is 3. The zero-order chi connectivity index (χ0) is 32.3. The number of methoxy groups -OCH3 is 2. The van der Waals surface area contributed by atoms with Gasteiger partial charge in [0.2, 0.25) is 17.7 Å². The number of nitrogens with two attached hydrogens (primary N) is 1. The average molecular weight is 600 g/mol. The van der Waals surface area contributed by atoms with Crippen LogP contribution in [0.15, 0.2) is 30.3 Å². The number of hydrogen-bond donors (Lipinski definition) is 2. The quantitative estimate of drug-likeness (QED) is 0.298. The molecule has 3 N–H and O–H groups in total. The van der Waals surface area contributed by atoms with Crippen molar-refractivity contribution >= 4 is 17.7 Å². The van der Waals surface area contributed by atoms with Crippen LogP contribution in [-0.2, 0) is 30.3 Å². The molecule has 1 aliphatic rings. The number of nitriles is 1. The van der Waals surface area contributed by atoms with Crippen molar-refractivity contribution in [3.63, 3.8) is 0 Å². The molecule has 3 amide bonds. The first-order chi connectivity index (χ1) is 20.4. The Morgan fingerprint density at radius 2 is 1.79 bits per heavy atom. The smallest absolute Gasteiger partial charge is 0.239 e. The van der Waals surface area contributed by atoms with Crippen LogP contribution in [0.25, 0.3) is 0 Å². The molecular formula is C33H53N5O5. The fourth-order valence-electron chi connectivity index (χ4n) is 6.11. The lowest BCUT2D eigenvalue weighted by Gasteiger charge is -2.40. The molecule has 240 valence electrons. The lowest BCUT2D eigenvalue weighted by atomic mass is 9.89. The number of rotatable bonds is 16. The van der Waals surface area contributed by atoms with Crippen LogP contribution >= 0.6 is 0 Å². The largest absolute Gasteiger partial charge is 0.379 e. The van der Waals surface area contributed by atoms with E-state index in [1.807, 2.05) is 44.2 Å². The van der Waals surface area contributed by atoms with E-state index in [0.29, 0.717) is 19.4 Å². The lowest BCUT2D eigenvalue weighted by Crippen LogP contribution is -2.56. The number of carbonyl (C=O) groups excluding carboxylic acids is 3. The van der Waals surface area contributed by atoms with Crippen molar-refractivity contribution < 1.29 is 23.9 Å². The van der Waals surface area contributed by atoms with Crippen LogP contribution < -0.4 is 11.1 Å². The van der Waals surface area contributed by atoms with Gasteiger partial charge in [0.25, 0.3) is 0 Å². The van der Waals surface area contributed by atoms with Gasteiger partial charge in [-0.2, -0.15) is 5.26 Å². The molecule has 0 bridgehead atoms. The molecule has 0 aromatic heterocycles. The zero-order valence-corrected chi connectivity index (χ0v) is 27.3. The molecule has 2 unspecified atom stereocenters. The average Bonchev–Trinajstić information content (AvgIpc) is 3.49. The van der Waals surface area contributed by atoms with Gasteiger partial charge < -0.3 is 30.3 Å². The van der Waals surface area contributed by atoms with Gasteiger partial charge in [0.15, 0.2) is 0 Å². The van der Waals surface area contributed by atoms with Crippen molar-refractivity contribution in [2.75, 3.05) is 27.8 Å². The maximum absolute atomic E-state index is 13.8. The third-order valence-electron chi connectivity index (χ3n) is 9.02. The van der Waals surface area contributed by atoms with Crippen molar-refractivity contribution in [3.8, 4) is 6.07 Å². The standard InChI is InChI=1S/C33H53N5O5/c1-9-22(4)30(37(6)33(41)29(35)21(2)3)27(42-7)19-28(39)38-17-13-16-26(38)31(43-8)23(5)32(40)36-25(20-34)18-24-14-11-10-12-15-24/h10-12,14-15,21-23,25-27,29-31H,9,13,16-19,35H2,1-8H3,(H,36,40)/t22-,23+,25-,26?,27+,29?,30-,31+/m0/s1. The number of likely N-dealkylation sites (N-methyl/N-ethyl adjacent to an activating group) is 1. The second-order valence-corrected chi connectivity index (χ2v) is 12.2. The second kappa shape index (κ2) is 17.3. The minimum absolute atomic E-state index is 0.0209. The van der Waals surface area contributed by atoms with Gasteiger partial charge >= 0.3 is 0 Å². The summed E-state index contributed by atoms with van der Waals surface area (Å²) in [5, 5.41) is 12.5. The summed E-state index contributed by atoms with van der Waals surface area (Å²) < 4.78 is 11.7. The SMILES string of the molecule is CC[C@H](C)[C@@H]([C@@H](CC(=O)N1CCCC1[C@H](OC)[C@@H](C)C(=O)N[C@H](C#N)Cc1ccccc1)OC)N(C)C(=O)C(N)C(C)C. The summed E-state index contributed by atoms with van der Waals surface area (Å²) in [6.07, 6.45) is 1.67. The molecule has 10 nitrogen and oxygen atoms in total. The highest BCUT2D eigenvalue weighted by Gasteiger charge is 2.42. The topological polar surface area (TPSA) is 138 Å². The Labute approximate surface area is 258 Å².